The Bertz CT molecular complexity index is 568. The smallest absolute Gasteiger partial charge is 0.151 e. The van der Waals surface area contributed by atoms with E-state index in [2.05, 4.69) is 19.2 Å². The SMILES string of the molecule is C[C@@H]1CC[C@@H](NCc2ccccc2CS(C)(=O)=O)[C@H](C)C1. The molecule has 4 heteroatoms. The van der Waals surface area contributed by atoms with Crippen molar-refractivity contribution in [3.05, 3.63) is 35.4 Å². The van der Waals surface area contributed by atoms with Crippen LogP contribution in [-0.2, 0) is 22.1 Å². The van der Waals surface area contributed by atoms with E-state index in [4.69, 9.17) is 0 Å². The average molecular weight is 309 g/mol. The quantitative estimate of drug-likeness (QED) is 0.909. The predicted octanol–water partition coefficient (Wildman–Crippen LogP) is 3.15. The van der Waals surface area contributed by atoms with E-state index >= 15 is 0 Å². The van der Waals surface area contributed by atoms with Crippen molar-refractivity contribution in [1.29, 1.82) is 0 Å². The minimum Gasteiger partial charge on any atom is -0.310 e. The van der Waals surface area contributed by atoms with Crippen LogP contribution in [-0.4, -0.2) is 20.7 Å². The molecule has 0 amide bonds. The van der Waals surface area contributed by atoms with Gasteiger partial charge in [-0.1, -0.05) is 38.1 Å². The number of nitrogens with one attached hydrogen (secondary N) is 1. The van der Waals surface area contributed by atoms with Crippen LogP contribution >= 0.6 is 0 Å². The summed E-state index contributed by atoms with van der Waals surface area (Å²) in [4.78, 5) is 0. The Hall–Kier alpha value is -0.870. The second kappa shape index (κ2) is 6.93. The normalized spacial score (nSPS) is 26.7. The molecule has 3 nitrogen and oxygen atoms in total. The van der Waals surface area contributed by atoms with Crippen molar-refractivity contribution in [1.82, 2.24) is 5.32 Å². The standard InChI is InChI=1S/C17H27NO2S/c1-13-8-9-17(14(2)10-13)18-11-15-6-4-5-7-16(15)12-21(3,19)20/h4-7,13-14,17-18H,8-12H2,1-3H3/t13-,14-,17-/m1/s1. The zero-order valence-electron chi connectivity index (χ0n) is 13.3. The lowest BCUT2D eigenvalue weighted by molar-refractivity contribution is 0.227. The lowest BCUT2D eigenvalue weighted by Crippen LogP contribution is -2.38. The topological polar surface area (TPSA) is 46.2 Å². The van der Waals surface area contributed by atoms with Gasteiger partial charge in [-0.05, 0) is 42.2 Å². The molecule has 0 radical (unpaired) electrons. The van der Waals surface area contributed by atoms with Gasteiger partial charge < -0.3 is 5.32 Å². The maximum Gasteiger partial charge on any atom is 0.151 e. The van der Waals surface area contributed by atoms with Crippen molar-refractivity contribution in [2.75, 3.05) is 6.26 Å². The van der Waals surface area contributed by atoms with Gasteiger partial charge in [0.1, 0.15) is 0 Å². The van der Waals surface area contributed by atoms with E-state index in [1.54, 1.807) is 0 Å². The fourth-order valence-corrected chi connectivity index (χ4v) is 4.21. The Morgan fingerprint density at radius 1 is 1.14 bits per heavy atom. The van der Waals surface area contributed by atoms with Crippen molar-refractivity contribution in [2.24, 2.45) is 11.8 Å². The summed E-state index contributed by atoms with van der Waals surface area (Å²) >= 11 is 0. The minimum atomic E-state index is -2.99. The Morgan fingerprint density at radius 2 is 1.81 bits per heavy atom. The molecular formula is C17H27NO2S. The minimum absolute atomic E-state index is 0.127. The van der Waals surface area contributed by atoms with Gasteiger partial charge in [0.05, 0.1) is 5.75 Å². The van der Waals surface area contributed by atoms with Gasteiger partial charge in [-0.2, -0.15) is 0 Å². The summed E-state index contributed by atoms with van der Waals surface area (Å²) in [7, 11) is -2.99. The van der Waals surface area contributed by atoms with E-state index in [1.165, 1.54) is 25.5 Å². The molecule has 0 unspecified atom stereocenters. The van der Waals surface area contributed by atoms with Gasteiger partial charge in [-0.25, -0.2) is 8.42 Å². The highest BCUT2D eigenvalue weighted by atomic mass is 32.2. The van der Waals surface area contributed by atoms with E-state index in [1.807, 2.05) is 24.3 Å². The summed E-state index contributed by atoms with van der Waals surface area (Å²) < 4.78 is 23.1. The predicted molar refractivity (Wildman–Crippen MR) is 87.8 cm³/mol. The second-order valence-electron chi connectivity index (χ2n) is 6.72. The summed E-state index contributed by atoms with van der Waals surface area (Å²) in [6.45, 7) is 5.40. The second-order valence-corrected chi connectivity index (χ2v) is 8.86. The molecule has 1 saturated carbocycles. The summed E-state index contributed by atoms with van der Waals surface area (Å²) in [5, 5.41) is 3.64. The van der Waals surface area contributed by atoms with Gasteiger partial charge in [-0.3, -0.25) is 0 Å². The lowest BCUT2D eigenvalue weighted by atomic mass is 9.80. The molecule has 0 spiro atoms. The number of rotatable bonds is 5. The Labute approximate surface area is 129 Å². The highest BCUT2D eigenvalue weighted by Crippen LogP contribution is 2.28. The molecule has 1 aliphatic carbocycles. The van der Waals surface area contributed by atoms with Gasteiger partial charge in [0.25, 0.3) is 0 Å². The van der Waals surface area contributed by atoms with Crippen LogP contribution in [0.5, 0.6) is 0 Å². The van der Waals surface area contributed by atoms with E-state index in [0.29, 0.717) is 12.0 Å². The van der Waals surface area contributed by atoms with Crippen LogP contribution in [0, 0.1) is 11.8 Å². The third kappa shape index (κ3) is 5.11. The highest BCUT2D eigenvalue weighted by molar-refractivity contribution is 7.89. The first kappa shape index (κ1) is 16.5. The maximum atomic E-state index is 11.5. The van der Waals surface area contributed by atoms with Crippen LogP contribution in [0.3, 0.4) is 0 Å². The largest absolute Gasteiger partial charge is 0.310 e. The van der Waals surface area contributed by atoms with Crippen LogP contribution in [0.2, 0.25) is 0 Å². The van der Waals surface area contributed by atoms with E-state index < -0.39 is 9.84 Å². The molecule has 21 heavy (non-hydrogen) atoms. The molecule has 1 aliphatic rings. The van der Waals surface area contributed by atoms with Crippen molar-refractivity contribution < 1.29 is 8.42 Å². The third-order valence-corrected chi connectivity index (χ3v) is 5.36. The monoisotopic (exact) mass is 309 g/mol. The summed E-state index contributed by atoms with van der Waals surface area (Å²) in [6, 6.07) is 8.39. The molecular weight excluding hydrogens is 282 g/mol. The van der Waals surface area contributed by atoms with Gasteiger partial charge in [0.15, 0.2) is 9.84 Å². The molecule has 1 N–H and O–H groups in total. The van der Waals surface area contributed by atoms with Crippen molar-refractivity contribution >= 4 is 9.84 Å². The highest BCUT2D eigenvalue weighted by Gasteiger charge is 2.24. The van der Waals surface area contributed by atoms with Gasteiger partial charge >= 0.3 is 0 Å². The first-order valence-corrected chi connectivity index (χ1v) is 9.89. The molecule has 3 atom stereocenters. The third-order valence-electron chi connectivity index (χ3n) is 4.52. The number of hydrogen-bond donors (Lipinski definition) is 1. The first-order valence-electron chi connectivity index (χ1n) is 7.83. The average Bonchev–Trinajstić information content (AvgIpc) is 2.37. The summed E-state index contributed by atoms with van der Waals surface area (Å²) in [6.07, 6.45) is 5.08. The Kier molecular flexibility index (Phi) is 5.44. The van der Waals surface area contributed by atoms with Gasteiger partial charge in [-0.15, -0.1) is 0 Å². The maximum absolute atomic E-state index is 11.5. The Balaban J connectivity index is 2.00. The summed E-state index contributed by atoms with van der Waals surface area (Å²) in [5.41, 5.74) is 2.03. The fraction of sp³-hybridized carbons (Fsp3) is 0.647. The zero-order chi connectivity index (χ0) is 15.5. The van der Waals surface area contributed by atoms with Crippen molar-refractivity contribution in [3.8, 4) is 0 Å². The van der Waals surface area contributed by atoms with Gasteiger partial charge in [0.2, 0.25) is 0 Å². The molecule has 1 aromatic rings. The summed E-state index contributed by atoms with van der Waals surface area (Å²) in [5.74, 6) is 1.65. The zero-order valence-corrected chi connectivity index (χ0v) is 14.1. The molecule has 118 valence electrons. The lowest BCUT2D eigenvalue weighted by Gasteiger charge is -2.33. The molecule has 1 fully saturated rings. The molecule has 0 aliphatic heterocycles. The fourth-order valence-electron chi connectivity index (χ4n) is 3.36. The molecule has 2 rings (SSSR count). The van der Waals surface area contributed by atoms with Crippen LogP contribution in [0.15, 0.2) is 24.3 Å². The molecule has 0 heterocycles. The number of benzene rings is 1. The van der Waals surface area contributed by atoms with Crippen molar-refractivity contribution in [3.63, 3.8) is 0 Å². The van der Waals surface area contributed by atoms with Crippen LogP contribution in [0.1, 0.15) is 44.2 Å². The van der Waals surface area contributed by atoms with Crippen molar-refractivity contribution in [2.45, 2.75) is 51.4 Å². The van der Waals surface area contributed by atoms with Crippen LogP contribution in [0.4, 0.5) is 0 Å². The first-order chi connectivity index (χ1) is 9.85. The number of sulfone groups is 1. The van der Waals surface area contributed by atoms with Gasteiger partial charge in [0, 0.05) is 18.8 Å². The molecule has 0 saturated heterocycles. The molecule has 0 bridgehead atoms. The van der Waals surface area contributed by atoms with E-state index in [0.717, 1.165) is 23.6 Å². The van der Waals surface area contributed by atoms with E-state index in [-0.39, 0.29) is 5.75 Å². The van der Waals surface area contributed by atoms with E-state index in [9.17, 15) is 8.42 Å². The molecule has 0 aromatic heterocycles. The van der Waals surface area contributed by atoms with Crippen LogP contribution < -0.4 is 5.32 Å². The number of hydrogen-bond acceptors (Lipinski definition) is 3. The van der Waals surface area contributed by atoms with Crippen LogP contribution in [0.25, 0.3) is 0 Å². The molecule has 1 aromatic carbocycles. The Morgan fingerprint density at radius 3 is 2.43 bits per heavy atom.